The van der Waals surface area contributed by atoms with Crippen molar-refractivity contribution in [2.24, 2.45) is 0 Å². The zero-order valence-corrected chi connectivity index (χ0v) is 21.8. The molecule has 0 N–H and O–H groups in total. The summed E-state index contributed by atoms with van der Waals surface area (Å²) in [6.45, 7) is 10.6. The number of benzene rings is 2. The predicted octanol–water partition coefficient (Wildman–Crippen LogP) is 4.97. The Labute approximate surface area is 217 Å². The van der Waals surface area contributed by atoms with Crippen molar-refractivity contribution < 1.29 is 9.53 Å². The number of pyridine rings is 1. The Balaban J connectivity index is 1.16. The number of Topliss-reactive ketones (excluding diaryl/α,β-unsaturated/α-hetero) is 1. The van der Waals surface area contributed by atoms with Crippen molar-refractivity contribution in [2.45, 2.75) is 46.3 Å². The van der Waals surface area contributed by atoms with Gasteiger partial charge in [-0.1, -0.05) is 25.1 Å². The minimum Gasteiger partial charge on any atom is -0.485 e. The lowest BCUT2D eigenvalue weighted by Gasteiger charge is -2.41. The van der Waals surface area contributed by atoms with Gasteiger partial charge in [0, 0.05) is 55.4 Å². The highest BCUT2D eigenvalue weighted by Gasteiger charge is 2.27. The van der Waals surface area contributed by atoms with E-state index >= 15 is 0 Å². The van der Waals surface area contributed by atoms with Gasteiger partial charge in [-0.2, -0.15) is 0 Å². The molecule has 2 aliphatic heterocycles. The molecular weight excluding hydrogens is 462 g/mol. The minimum absolute atomic E-state index is 0.0555. The number of carbonyl (C=O) groups excluding carboxylic acids is 1. The van der Waals surface area contributed by atoms with Crippen LogP contribution in [0.3, 0.4) is 0 Å². The molecule has 0 unspecified atom stereocenters. The molecule has 37 heavy (non-hydrogen) atoms. The average Bonchev–Trinajstić information content (AvgIpc) is 3.36. The number of piperazine rings is 1. The molecule has 7 nitrogen and oxygen atoms in total. The maximum atomic E-state index is 12.3. The molecule has 4 heterocycles. The third-order valence-corrected chi connectivity index (χ3v) is 7.76. The van der Waals surface area contributed by atoms with Crippen molar-refractivity contribution in [1.29, 1.82) is 0 Å². The van der Waals surface area contributed by atoms with Crippen LogP contribution in [0.15, 0.2) is 54.9 Å². The molecule has 2 aliphatic rings. The molecule has 1 fully saturated rings. The average molecular weight is 496 g/mol. The highest BCUT2D eigenvalue weighted by atomic mass is 16.5. The quantitative estimate of drug-likeness (QED) is 0.352. The summed E-state index contributed by atoms with van der Waals surface area (Å²) in [7, 11) is 0. The summed E-state index contributed by atoms with van der Waals surface area (Å²) in [6.07, 6.45) is 3.12. The predicted molar refractivity (Wildman–Crippen MR) is 146 cm³/mol. The molecule has 0 spiro atoms. The van der Waals surface area contributed by atoms with Crippen LogP contribution in [0.25, 0.3) is 16.6 Å². The monoisotopic (exact) mass is 495 g/mol. The molecule has 1 saturated heterocycles. The molecule has 0 saturated carbocycles. The zero-order valence-electron chi connectivity index (χ0n) is 21.8. The number of hydrogen-bond donors (Lipinski definition) is 0. The second kappa shape index (κ2) is 9.63. The van der Waals surface area contributed by atoms with E-state index in [-0.39, 0.29) is 5.78 Å². The highest BCUT2D eigenvalue weighted by Crippen LogP contribution is 2.35. The van der Waals surface area contributed by atoms with Gasteiger partial charge in [0.25, 0.3) is 0 Å². The van der Waals surface area contributed by atoms with Crippen LogP contribution < -0.4 is 9.64 Å². The number of aromatic nitrogens is 3. The van der Waals surface area contributed by atoms with Crippen LogP contribution in [-0.2, 0) is 13.0 Å². The van der Waals surface area contributed by atoms with Gasteiger partial charge in [-0.3, -0.25) is 19.2 Å². The first-order valence-corrected chi connectivity index (χ1v) is 13.2. The number of anilines is 1. The van der Waals surface area contributed by atoms with Gasteiger partial charge in [-0.25, -0.2) is 4.98 Å². The molecular formula is C30H33N5O2. The number of imidazole rings is 1. The number of aryl methyl sites for hydroxylation is 1. The molecule has 2 aromatic carbocycles. The molecule has 2 aromatic heterocycles. The van der Waals surface area contributed by atoms with Crippen LogP contribution in [0.1, 0.15) is 47.7 Å². The van der Waals surface area contributed by atoms with Gasteiger partial charge >= 0.3 is 0 Å². The summed E-state index contributed by atoms with van der Waals surface area (Å²) in [5.41, 5.74) is 6.94. The fraction of sp³-hybridized carbons (Fsp3) is 0.367. The molecule has 0 radical (unpaired) electrons. The van der Waals surface area contributed by atoms with Gasteiger partial charge in [0.2, 0.25) is 0 Å². The van der Waals surface area contributed by atoms with Crippen LogP contribution in [-0.4, -0.2) is 57.4 Å². The standard InChI is InChI=1S/C30H33N5O2/c1-4-28(36)29-27-18-37-30-22(7-5-10-26(30)35(27)19-31-29)13-14-33-15-16-34(17-21(33)3)25-9-6-8-24-23(25)12-11-20(2)32-24/h5-12,19,21H,4,13-18H2,1-3H3/t21-/m1/s1. The first kappa shape index (κ1) is 23.7. The van der Waals surface area contributed by atoms with Crippen molar-refractivity contribution in [1.82, 2.24) is 19.4 Å². The van der Waals surface area contributed by atoms with E-state index < -0.39 is 0 Å². The van der Waals surface area contributed by atoms with Gasteiger partial charge in [0.05, 0.1) is 16.9 Å². The Kier molecular flexibility index (Phi) is 6.16. The lowest BCUT2D eigenvalue weighted by Crippen LogP contribution is -2.52. The Morgan fingerprint density at radius 1 is 1.08 bits per heavy atom. The lowest BCUT2D eigenvalue weighted by molar-refractivity contribution is 0.0980. The zero-order chi connectivity index (χ0) is 25.5. The SMILES string of the molecule is CCC(=O)c1ncn2c1COc1c(CCN3CCN(c4cccc5nc(C)ccc45)C[C@H]3C)cccc1-2. The number of fused-ring (bicyclic) bond motifs is 4. The van der Waals surface area contributed by atoms with Gasteiger partial charge in [-0.05, 0) is 56.2 Å². The lowest BCUT2D eigenvalue weighted by atomic mass is 10.1. The summed E-state index contributed by atoms with van der Waals surface area (Å²) >= 11 is 0. The van der Waals surface area contributed by atoms with E-state index in [2.05, 4.69) is 64.2 Å². The molecule has 0 bridgehead atoms. The van der Waals surface area contributed by atoms with E-state index in [1.807, 2.05) is 24.5 Å². The van der Waals surface area contributed by atoms with E-state index in [1.165, 1.54) is 16.6 Å². The second-order valence-corrected chi connectivity index (χ2v) is 10.1. The number of nitrogens with zero attached hydrogens (tertiary/aromatic N) is 5. The number of hydrogen-bond acceptors (Lipinski definition) is 6. The number of carbonyl (C=O) groups is 1. The van der Waals surface area contributed by atoms with Crippen molar-refractivity contribution >= 4 is 22.4 Å². The molecule has 0 aliphatic carbocycles. The molecule has 1 atom stereocenters. The molecule has 0 amide bonds. The minimum atomic E-state index is 0.0555. The van der Waals surface area contributed by atoms with Gasteiger partial charge in [-0.15, -0.1) is 0 Å². The van der Waals surface area contributed by atoms with Crippen LogP contribution in [0.5, 0.6) is 5.75 Å². The molecule has 7 heteroatoms. The third-order valence-electron chi connectivity index (χ3n) is 7.76. The fourth-order valence-electron chi connectivity index (χ4n) is 5.71. The number of ether oxygens (including phenoxy) is 1. The smallest absolute Gasteiger partial charge is 0.182 e. The molecule has 6 rings (SSSR count). The Bertz CT molecular complexity index is 1480. The summed E-state index contributed by atoms with van der Waals surface area (Å²) in [5.74, 6) is 0.965. The summed E-state index contributed by atoms with van der Waals surface area (Å²) in [4.78, 5) is 26.5. The van der Waals surface area contributed by atoms with Crippen LogP contribution in [0.4, 0.5) is 5.69 Å². The first-order valence-electron chi connectivity index (χ1n) is 13.2. The Morgan fingerprint density at radius 2 is 1.92 bits per heavy atom. The Hall–Kier alpha value is -3.71. The summed E-state index contributed by atoms with van der Waals surface area (Å²) in [5, 5.41) is 1.23. The van der Waals surface area contributed by atoms with Crippen LogP contribution in [0, 0.1) is 6.92 Å². The fourth-order valence-corrected chi connectivity index (χ4v) is 5.71. The highest BCUT2D eigenvalue weighted by molar-refractivity contribution is 5.95. The molecule has 4 aromatic rings. The van der Waals surface area contributed by atoms with E-state index in [1.54, 1.807) is 6.33 Å². The maximum absolute atomic E-state index is 12.3. The van der Waals surface area contributed by atoms with Gasteiger partial charge in [0.15, 0.2) is 5.78 Å². The Morgan fingerprint density at radius 3 is 2.76 bits per heavy atom. The molecule has 190 valence electrons. The summed E-state index contributed by atoms with van der Waals surface area (Å²) in [6, 6.07) is 17.5. The third kappa shape index (κ3) is 4.27. The second-order valence-electron chi connectivity index (χ2n) is 10.1. The van der Waals surface area contributed by atoms with E-state index in [9.17, 15) is 4.79 Å². The van der Waals surface area contributed by atoms with Crippen LogP contribution >= 0.6 is 0 Å². The van der Waals surface area contributed by atoms with Crippen LogP contribution in [0.2, 0.25) is 0 Å². The number of para-hydroxylation sites is 1. The van der Waals surface area contributed by atoms with Crippen molar-refractivity contribution in [3.8, 4) is 11.4 Å². The topological polar surface area (TPSA) is 63.5 Å². The van der Waals surface area contributed by atoms with Crippen molar-refractivity contribution in [3.05, 3.63) is 77.5 Å². The maximum Gasteiger partial charge on any atom is 0.182 e. The number of ketones is 1. The van der Waals surface area contributed by atoms with Gasteiger partial charge in [0.1, 0.15) is 24.4 Å². The van der Waals surface area contributed by atoms with Gasteiger partial charge < -0.3 is 9.64 Å². The summed E-state index contributed by atoms with van der Waals surface area (Å²) < 4.78 is 8.24. The van der Waals surface area contributed by atoms with Crippen molar-refractivity contribution in [2.75, 3.05) is 31.1 Å². The number of rotatable bonds is 6. The largest absolute Gasteiger partial charge is 0.485 e. The van der Waals surface area contributed by atoms with E-state index in [0.717, 1.165) is 60.9 Å². The van der Waals surface area contributed by atoms with Crippen molar-refractivity contribution in [3.63, 3.8) is 0 Å². The normalized spacial score (nSPS) is 17.4. The van der Waals surface area contributed by atoms with E-state index in [0.29, 0.717) is 24.8 Å². The first-order chi connectivity index (χ1) is 18.0. The van der Waals surface area contributed by atoms with E-state index in [4.69, 9.17) is 9.72 Å².